The minimum absolute atomic E-state index is 0.0383. The van der Waals surface area contributed by atoms with Crippen molar-refractivity contribution in [2.75, 3.05) is 18.6 Å². The van der Waals surface area contributed by atoms with Crippen LogP contribution in [0.3, 0.4) is 0 Å². The number of nitrogens with zero attached hydrogens (tertiary/aromatic N) is 3. The summed E-state index contributed by atoms with van der Waals surface area (Å²) in [5.74, 6) is 0.861. The number of benzene rings is 1. The lowest BCUT2D eigenvalue weighted by molar-refractivity contribution is 0.0946. The number of carbonyl (C=O) groups is 1. The van der Waals surface area contributed by atoms with E-state index in [2.05, 4.69) is 20.4 Å². The number of aromatic nitrogens is 2. The second kappa shape index (κ2) is 6.95. The molecular formula is C20H19N5O2. The van der Waals surface area contributed by atoms with Gasteiger partial charge in [-0.1, -0.05) is 0 Å². The summed E-state index contributed by atoms with van der Waals surface area (Å²) in [5, 5.41) is 18.3. The van der Waals surface area contributed by atoms with Crippen LogP contribution in [0.1, 0.15) is 21.6 Å². The summed E-state index contributed by atoms with van der Waals surface area (Å²) < 4.78 is 0. The topological polar surface area (TPSA) is 93.6 Å². The Morgan fingerprint density at radius 1 is 1.22 bits per heavy atom. The number of pyridine rings is 1. The Kier molecular flexibility index (Phi) is 4.33. The molecule has 3 heterocycles. The maximum absolute atomic E-state index is 12.0. The molecule has 0 atom stereocenters. The molecule has 0 saturated carbocycles. The lowest BCUT2D eigenvalue weighted by Crippen LogP contribution is -2.31. The first kappa shape index (κ1) is 16.8. The van der Waals surface area contributed by atoms with Gasteiger partial charge >= 0.3 is 0 Å². The summed E-state index contributed by atoms with van der Waals surface area (Å²) in [7, 11) is 1.82. The fourth-order valence-electron chi connectivity index (χ4n) is 2.98. The highest BCUT2D eigenvalue weighted by atomic mass is 16.3. The van der Waals surface area contributed by atoms with E-state index in [1.54, 1.807) is 41.7 Å². The number of anilines is 1. The zero-order valence-electron chi connectivity index (χ0n) is 14.8. The SMILES string of the molecule is CN(/N=C/c1ccc(O)cc1)c1cc(-c2cc3c([nH]2)CCNC3=O)ccn1. The number of nitrogens with one attached hydrogen (secondary N) is 2. The van der Waals surface area contributed by atoms with Crippen LogP contribution in [0.2, 0.25) is 0 Å². The zero-order valence-corrected chi connectivity index (χ0v) is 14.8. The molecule has 7 nitrogen and oxygen atoms in total. The average Bonchev–Trinajstić information content (AvgIpc) is 3.13. The van der Waals surface area contributed by atoms with Gasteiger partial charge in [-0.15, -0.1) is 0 Å². The molecular weight excluding hydrogens is 342 g/mol. The van der Waals surface area contributed by atoms with Gasteiger partial charge in [0.1, 0.15) is 11.6 Å². The molecule has 1 aromatic carbocycles. The molecule has 1 aliphatic rings. The van der Waals surface area contributed by atoms with Crippen molar-refractivity contribution >= 4 is 17.9 Å². The predicted octanol–water partition coefficient (Wildman–Crippen LogP) is 2.54. The van der Waals surface area contributed by atoms with E-state index < -0.39 is 0 Å². The fourth-order valence-corrected chi connectivity index (χ4v) is 2.98. The molecule has 0 aliphatic carbocycles. The van der Waals surface area contributed by atoms with Crippen LogP contribution in [-0.2, 0) is 6.42 Å². The Labute approximate surface area is 156 Å². The molecule has 0 saturated heterocycles. The lowest BCUT2D eigenvalue weighted by Gasteiger charge is -2.12. The summed E-state index contributed by atoms with van der Waals surface area (Å²) in [6.45, 7) is 0.655. The number of phenols is 1. The Morgan fingerprint density at radius 2 is 2.04 bits per heavy atom. The highest BCUT2D eigenvalue weighted by molar-refractivity contribution is 5.97. The highest BCUT2D eigenvalue weighted by Gasteiger charge is 2.20. The van der Waals surface area contributed by atoms with Crippen LogP contribution in [0, 0.1) is 0 Å². The number of carbonyl (C=O) groups excluding carboxylic acids is 1. The lowest BCUT2D eigenvalue weighted by atomic mass is 10.1. The van der Waals surface area contributed by atoms with Crippen molar-refractivity contribution in [1.82, 2.24) is 15.3 Å². The number of hydrogen-bond donors (Lipinski definition) is 3. The highest BCUT2D eigenvalue weighted by Crippen LogP contribution is 2.26. The summed E-state index contributed by atoms with van der Waals surface area (Å²) in [6.07, 6.45) is 4.22. The van der Waals surface area contributed by atoms with Crippen LogP contribution in [0.15, 0.2) is 53.8 Å². The van der Waals surface area contributed by atoms with Crippen LogP contribution in [0.5, 0.6) is 5.75 Å². The van der Waals surface area contributed by atoms with Crippen molar-refractivity contribution in [3.63, 3.8) is 0 Å². The Balaban J connectivity index is 1.57. The molecule has 0 unspecified atom stereocenters. The number of amides is 1. The van der Waals surface area contributed by atoms with Crippen LogP contribution in [0.25, 0.3) is 11.3 Å². The molecule has 2 aromatic heterocycles. The number of hydrogen-bond acceptors (Lipinski definition) is 5. The van der Waals surface area contributed by atoms with E-state index in [1.165, 1.54) is 0 Å². The molecule has 3 N–H and O–H groups in total. The largest absolute Gasteiger partial charge is 0.508 e. The molecule has 27 heavy (non-hydrogen) atoms. The van der Waals surface area contributed by atoms with E-state index in [9.17, 15) is 9.90 Å². The summed E-state index contributed by atoms with van der Waals surface area (Å²) >= 11 is 0. The van der Waals surface area contributed by atoms with Crippen LogP contribution < -0.4 is 10.3 Å². The van der Waals surface area contributed by atoms with Crippen LogP contribution in [0.4, 0.5) is 5.82 Å². The first-order valence-electron chi connectivity index (χ1n) is 8.63. The van der Waals surface area contributed by atoms with Crippen molar-refractivity contribution in [2.24, 2.45) is 5.10 Å². The van der Waals surface area contributed by atoms with Crippen molar-refractivity contribution in [3.05, 3.63) is 65.5 Å². The number of aromatic amines is 1. The number of rotatable bonds is 4. The third-order valence-corrected chi connectivity index (χ3v) is 4.47. The molecule has 3 aromatic rings. The van der Waals surface area contributed by atoms with Crippen molar-refractivity contribution in [2.45, 2.75) is 6.42 Å². The number of hydrazone groups is 1. The van der Waals surface area contributed by atoms with Gasteiger partial charge in [0.25, 0.3) is 5.91 Å². The minimum Gasteiger partial charge on any atom is -0.508 e. The minimum atomic E-state index is -0.0383. The first-order chi connectivity index (χ1) is 13.1. The molecule has 1 aliphatic heterocycles. The van der Waals surface area contributed by atoms with E-state index in [0.29, 0.717) is 17.9 Å². The maximum Gasteiger partial charge on any atom is 0.253 e. The smallest absolute Gasteiger partial charge is 0.253 e. The average molecular weight is 361 g/mol. The Bertz CT molecular complexity index is 1010. The third-order valence-electron chi connectivity index (χ3n) is 4.47. The van der Waals surface area contributed by atoms with Crippen LogP contribution in [-0.4, -0.2) is 40.8 Å². The predicted molar refractivity (Wildman–Crippen MR) is 104 cm³/mol. The molecule has 4 rings (SSSR count). The van der Waals surface area contributed by atoms with Crippen LogP contribution >= 0.6 is 0 Å². The van der Waals surface area contributed by atoms with Gasteiger partial charge in [0.05, 0.1) is 11.8 Å². The molecule has 0 radical (unpaired) electrons. The van der Waals surface area contributed by atoms with E-state index >= 15 is 0 Å². The van der Waals surface area contributed by atoms with Gasteiger partial charge < -0.3 is 15.4 Å². The van der Waals surface area contributed by atoms with E-state index in [0.717, 1.165) is 28.9 Å². The van der Waals surface area contributed by atoms with E-state index in [4.69, 9.17) is 0 Å². The van der Waals surface area contributed by atoms with Crippen molar-refractivity contribution in [1.29, 1.82) is 0 Å². The monoisotopic (exact) mass is 361 g/mol. The quantitative estimate of drug-likeness (QED) is 0.492. The summed E-state index contributed by atoms with van der Waals surface area (Å²) in [4.78, 5) is 19.7. The van der Waals surface area contributed by atoms with E-state index in [-0.39, 0.29) is 11.7 Å². The van der Waals surface area contributed by atoms with Crippen molar-refractivity contribution in [3.8, 4) is 17.0 Å². The second-order valence-corrected chi connectivity index (χ2v) is 6.34. The maximum atomic E-state index is 12.0. The fraction of sp³-hybridized carbons (Fsp3) is 0.150. The number of aromatic hydroxyl groups is 1. The third kappa shape index (κ3) is 3.52. The van der Waals surface area contributed by atoms with E-state index in [1.807, 2.05) is 25.2 Å². The van der Waals surface area contributed by atoms with Gasteiger partial charge in [-0.2, -0.15) is 5.10 Å². The molecule has 0 bridgehead atoms. The van der Waals surface area contributed by atoms with Crippen molar-refractivity contribution < 1.29 is 9.90 Å². The zero-order chi connectivity index (χ0) is 18.8. The van der Waals surface area contributed by atoms with Gasteiger partial charge in [-0.05, 0) is 48.0 Å². The van der Waals surface area contributed by atoms with Gasteiger partial charge in [0.15, 0.2) is 0 Å². The van der Waals surface area contributed by atoms with Gasteiger partial charge in [-0.3, -0.25) is 9.80 Å². The first-order valence-corrected chi connectivity index (χ1v) is 8.63. The number of H-pyrrole nitrogens is 1. The van der Waals surface area contributed by atoms with Gasteiger partial charge in [0, 0.05) is 43.2 Å². The number of fused-ring (bicyclic) bond motifs is 1. The standard InChI is InChI=1S/C20H19N5O2/c1-25(23-12-13-2-4-15(26)5-3-13)19-10-14(6-8-21-19)18-11-16-17(24-18)7-9-22-20(16)27/h2-6,8,10-12,24,26H,7,9H2,1H3,(H,22,27)/b23-12+. The Hall–Kier alpha value is -3.61. The second-order valence-electron chi connectivity index (χ2n) is 6.34. The number of phenolic OH excluding ortho intramolecular Hbond substituents is 1. The molecule has 0 fully saturated rings. The summed E-state index contributed by atoms with van der Waals surface area (Å²) in [5.41, 5.74) is 4.36. The Morgan fingerprint density at radius 3 is 2.81 bits per heavy atom. The molecule has 7 heteroatoms. The molecule has 0 spiro atoms. The normalized spacial score (nSPS) is 13.4. The van der Waals surface area contributed by atoms with Gasteiger partial charge in [-0.25, -0.2) is 4.98 Å². The summed E-state index contributed by atoms with van der Waals surface area (Å²) in [6, 6.07) is 12.5. The molecule has 136 valence electrons. The van der Waals surface area contributed by atoms with Gasteiger partial charge in [0.2, 0.25) is 0 Å². The molecule has 1 amide bonds.